The standard InChI is InChI=1S/C26H28ClN3O6S/c1-7-12-30(19-10-8-17(9-11-19)25(32)36-26(2,3)4)15-18-13-20-22(14-21(18)27)28-23(29(5)24(20)31)16-35-37(6,33)34/h1,8-11,13-14H,12,15-16H2,2-6H3. The normalized spacial score (nSPS) is 11.8. The zero-order valence-corrected chi connectivity index (χ0v) is 22.8. The molecular weight excluding hydrogens is 518 g/mol. The molecule has 0 saturated heterocycles. The van der Waals surface area contributed by atoms with Gasteiger partial charge in [0.2, 0.25) is 0 Å². The van der Waals surface area contributed by atoms with Gasteiger partial charge in [0.1, 0.15) is 18.0 Å². The molecule has 0 unspecified atom stereocenters. The number of carbonyl (C=O) groups is 1. The van der Waals surface area contributed by atoms with Crippen molar-refractivity contribution >= 4 is 44.3 Å². The van der Waals surface area contributed by atoms with Crippen LogP contribution in [0.25, 0.3) is 10.9 Å². The fourth-order valence-corrected chi connectivity index (χ4v) is 4.03. The molecule has 0 spiro atoms. The molecule has 11 heteroatoms. The van der Waals surface area contributed by atoms with Gasteiger partial charge in [-0.15, -0.1) is 6.42 Å². The highest BCUT2D eigenvalue weighted by atomic mass is 35.5. The number of terminal acetylenes is 1. The van der Waals surface area contributed by atoms with Crippen LogP contribution in [-0.4, -0.2) is 42.3 Å². The van der Waals surface area contributed by atoms with Crippen molar-refractivity contribution < 1.29 is 22.1 Å². The third kappa shape index (κ3) is 7.32. The first-order chi connectivity index (χ1) is 17.2. The summed E-state index contributed by atoms with van der Waals surface area (Å²) < 4.78 is 34.1. The summed E-state index contributed by atoms with van der Waals surface area (Å²) in [5.41, 5.74) is 1.13. The fourth-order valence-electron chi connectivity index (χ4n) is 3.49. The van der Waals surface area contributed by atoms with Crippen LogP contribution in [0.2, 0.25) is 5.02 Å². The highest BCUT2D eigenvalue weighted by Gasteiger charge is 2.19. The van der Waals surface area contributed by atoms with E-state index >= 15 is 0 Å². The second-order valence-corrected chi connectivity index (χ2v) is 11.5. The van der Waals surface area contributed by atoms with Gasteiger partial charge < -0.3 is 9.64 Å². The Kier molecular flexibility index (Phi) is 8.32. The number of hydrogen-bond acceptors (Lipinski definition) is 8. The van der Waals surface area contributed by atoms with Crippen LogP contribution in [0.4, 0.5) is 5.69 Å². The topological polar surface area (TPSA) is 108 Å². The lowest BCUT2D eigenvalue weighted by molar-refractivity contribution is 0.00695. The molecule has 3 aromatic rings. The maximum Gasteiger partial charge on any atom is 0.338 e. The maximum atomic E-state index is 13.0. The van der Waals surface area contributed by atoms with Gasteiger partial charge in [-0.3, -0.25) is 13.5 Å². The van der Waals surface area contributed by atoms with E-state index in [1.807, 2.05) is 4.90 Å². The number of esters is 1. The van der Waals surface area contributed by atoms with Crippen molar-refractivity contribution in [2.24, 2.45) is 7.05 Å². The van der Waals surface area contributed by atoms with Crippen molar-refractivity contribution in [1.82, 2.24) is 9.55 Å². The molecule has 0 saturated carbocycles. The molecule has 0 fully saturated rings. The summed E-state index contributed by atoms with van der Waals surface area (Å²) in [6.45, 7) is 5.55. The molecule has 37 heavy (non-hydrogen) atoms. The number of benzene rings is 2. The zero-order valence-electron chi connectivity index (χ0n) is 21.2. The van der Waals surface area contributed by atoms with Crippen molar-refractivity contribution in [3.8, 4) is 12.3 Å². The maximum absolute atomic E-state index is 13.0. The third-order valence-electron chi connectivity index (χ3n) is 5.25. The molecule has 196 valence electrons. The van der Waals surface area contributed by atoms with Gasteiger partial charge in [0.15, 0.2) is 0 Å². The van der Waals surface area contributed by atoms with Crippen molar-refractivity contribution in [2.45, 2.75) is 39.5 Å². The van der Waals surface area contributed by atoms with Crippen LogP contribution >= 0.6 is 11.6 Å². The summed E-state index contributed by atoms with van der Waals surface area (Å²) in [7, 11) is -2.22. The largest absolute Gasteiger partial charge is 0.456 e. The number of rotatable bonds is 8. The van der Waals surface area contributed by atoms with Gasteiger partial charge in [-0.1, -0.05) is 17.5 Å². The van der Waals surface area contributed by atoms with E-state index in [9.17, 15) is 18.0 Å². The van der Waals surface area contributed by atoms with Gasteiger partial charge in [-0.05, 0) is 62.7 Å². The molecule has 0 aliphatic rings. The molecule has 0 amide bonds. The summed E-state index contributed by atoms with van der Waals surface area (Å²) in [6, 6.07) is 10.0. The lowest BCUT2D eigenvalue weighted by Gasteiger charge is -2.24. The molecule has 1 aromatic heterocycles. The van der Waals surface area contributed by atoms with E-state index in [2.05, 4.69) is 10.9 Å². The third-order valence-corrected chi connectivity index (χ3v) is 6.15. The minimum atomic E-state index is -3.71. The second kappa shape index (κ2) is 10.9. The number of aromatic nitrogens is 2. The van der Waals surface area contributed by atoms with Crippen molar-refractivity contribution in [3.05, 3.63) is 68.7 Å². The average molecular weight is 546 g/mol. The molecular formula is C26H28ClN3O6S. The van der Waals surface area contributed by atoms with Crippen LogP contribution in [0.3, 0.4) is 0 Å². The van der Waals surface area contributed by atoms with E-state index in [-0.39, 0.29) is 31.1 Å². The Hall–Kier alpha value is -3.39. The molecule has 0 aliphatic heterocycles. The first-order valence-corrected chi connectivity index (χ1v) is 13.4. The summed E-state index contributed by atoms with van der Waals surface area (Å²) >= 11 is 6.54. The monoisotopic (exact) mass is 545 g/mol. The number of anilines is 1. The van der Waals surface area contributed by atoms with Crippen LogP contribution in [0.1, 0.15) is 42.5 Å². The minimum Gasteiger partial charge on any atom is -0.456 e. The lowest BCUT2D eigenvalue weighted by atomic mass is 10.1. The Labute approximate surface area is 221 Å². The summed E-state index contributed by atoms with van der Waals surface area (Å²) in [5.74, 6) is 2.33. The Bertz CT molecular complexity index is 1530. The van der Waals surface area contributed by atoms with Gasteiger partial charge in [0, 0.05) is 24.3 Å². The van der Waals surface area contributed by atoms with Gasteiger partial charge >= 0.3 is 5.97 Å². The molecule has 3 rings (SSSR count). The number of hydrogen-bond donors (Lipinski definition) is 0. The second-order valence-electron chi connectivity index (χ2n) is 9.43. The van der Waals surface area contributed by atoms with E-state index in [1.54, 1.807) is 57.2 Å². The van der Waals surface area contributed by atoms with Crippen molar-refractivity contribution in [1.29, 1.82) is 0 Å². The fraction of sp³-hybridized carbons (Fsp3) is 0.346. The number of halogens is 1. The highest BCUT2D eigenvalue weighted by Crippen LogP contribution is 2.26. The molecule has 0 N–H and O–H groups in total. The van der Waals surface area contributed by atoms with Gasteiger partial charge in [-0.25, -0.2) is 9.78 Å². The Morgan fingerprint density at radius 3 is 2.43 bits per heavy atom. The predicted octanol–water partition coefficient (Wildman–Crippen LogP) is 3.66. The van der Waals surface area contributed by atoms with E-state index in [0.29, 0.717) is 27.1 Å². The van der Waals surface area contributed by atoms with Crippen LogP contribution in [0.15, 0.2) is 41.2 Å². The molecule has 0 radical (unpaired) electrons. The van der Waals surface area contributed by atoms with Gasteiger partial charge in [-0.2, -0.15) is 8.42 Å². The van der Waals surface area contributed by atoms with Crippen molar-refractivity contribution in [3.63, 3.8) is 0 Å². The summed E-state index contributed by atoms with van der Waals surface area (Å²) in [4.78, 5) is 31.6. The van der Waals surface area contributed by atoms with Gasteiger partial charge in [0.05, 0.1) is 29.3 Å². The summed E-state index contributed by atoms with van der Waals surface area (Å²) in [6.07, 6.45) is 6.52. The van der Waals surface area contributed by atoms with E-state index in [1.165, 1.54) is 11.6 Å². The molecule has 0 aliphatic carbocycles. The number of carbonyl (C=O) groups excluding carboxylic acids is 1. The molecule has 0 bridgehead atoms. The van der Waals surface area contributed by atoms with Gasteiger partial charge in [0.25, 0.3) is 15.7 Å². The van der Waals surface area contributed by atoms with Crippen molar-refractivity contribution in [2.75, 3.05) is 17.7 Å². The van der Waals surface area contributed by atoms with E-state index in [4.69, 9.17) is 26.9 Å². The van der Waals surface area contributed by atoms with Crippen LogP contribution in [0.5, 0.6) is 0 Å². The molecule has 2 aromatic carbocycles. The lowest BCUT2D eigenvalue weighted by Crippen LogP contribution is -2.25. The van der Waals surface area contributed by atoms with Crippen LogP contribution in [-0.2, 0) is 39.2 Å². The number of fused-ring (bicyclic) bond motifs is 1. The summed E-state index contributed by atoms with van der Waals surface area (Å²) in [5, 5.41) is 0.668. The highest BCUT2D eigenvalue weighted by molar-refractivity contribution is 7.85. The zero-order chi connectivity index (χ0) is 27.5. The van der Waals surface area contributed by atoms with Crippen LogP contribution in [0, 0.1) is 12.3 Å². The van der Waals surface area contributed by atoms with E-state index in [0.717, 1.165) is 11.9 Å². The number of nitrogens with zero attached hydrogens (tertiary/aromatic N) is 3. The number of ether oxygens (including phenoxy) is 1. The quantitative estimate of drug-likeness (QED) is 0.240. The first kappa shape index (κ1) is 28.2. The van der Waals surface area contributed by atoms with Crippen LogP contribution < -0.4 is 10.5 Å². The average Bonchev–Trinajstić information content (AvgIpc) is 2.79. The SMILES string of the molecule is C#CCN(Cc1cc2c(=O)n(C)c(COS(C)(=O)=O)nc2cc1Cl)c1ccc(C(=O)OC(C)(C)C)cc1. The molecule has 1 heterocycles. The minimum absolute atomic E-state index is 0.144. The predicted molar refractivity (Wildman–Crippen MR) is 143 cm³/mol. The molecule has 9 nitrogen and oxygen atoms in total. The Morgan fingerprint density at radius 2 is 1.86 bits per heavy atom. The Morgan fingerprint density at radius 1 is 1.22 bits per heavy atom. The smallest absolute Gasteiger partial charge is 0.338 e. The first-order valence-electron chi connectivity index (χ1n) is 11.2. The molecule has 0 atom stereocenters. The van der Waals surface area contributed by atoms with E-state index < -0.39 is 21.7 Å². The Balaban J connectivity index is 1.92.